The Hall–Kier alpha value is -7.06. The van der Waals surface area contributed by atoms with E-state index in [1.54, 1.807) is 17.0 Å². The summed E-state index contributed by atoms with van der Waals surface area (Å²) >= 11 is 0. The predicted molar refractivity (Wildman–Crippen MR) is 298 cm³/mol. The maximum atomic E-state index is 12.6. The maximum Gasteiger partial charge on any atom is 0.673 e. The zero-order valence-corrected chi connectivity index (χ0v) is 45.9. The topological polar surface area (TPSA) is 174 Å². The SMILES string of the molecule is C.CCCCOc1cc(N2CCOCC2)c(OCCCC)cc1N=N/C(C(=O)OC)=C1/C=CC=CN1C.CCCCOc1cc(N2CCOCC2)c(OCCCC)cc1[N+]#N.COC(=O)/C=C1\C=CC=CN1C.F[B-](F)(F)F. The fourth-order valence-corrected chi connectivity index (χ4v) is 7.14. The quantitative estimate of drug-likeness (QED) is 0.0207. The van der Waals surface area contributed by atoms with Crippen LogP contribution in [0.1, 0.15) is 86.5 Å². The summed E-state index contributed by atoms with van der Waals surface area (Å²) in [7, 11) is 0.400. The number of allylic oxidation sites excluding steroid dienone is 6. The largest absolute Gasteiger partial charge is 0.673 e. The molecule has 0 radical (unpaired) electrons. The highest BCUT2D eigenvalue weighted by atomic mass is 19.5. The summed E-state index contributed by atoms with van der Waals surface area (Å²) in [5.74, 6) is 1.73. The number of likely N-dealkylation sites (N-methyl/N-ethyl adjacent to an activating group) is 2. The van der Waals surface area contributed by atoms with Gasteiger partial charge in [0, 0.05) is 82.6 Å². The molecule has 18 nitrogen and oxygen atoms in total. The van der Waals surface area contributed by atoms with Crippen LogP contribution in [0, 0.1) is 5.39 Å². The van der Waals surface area contributed by atoms with Gasteiger partial charge in [0.1, 0.15) is 17.2 Å². The Morgan fingerprint density at radius 3 is 1.55 bits per heavy atom. The molecule has 0 spiro atoms. The van der Waals surface area contributed by atoms with Crippen molar-refractivity contribution in [1.82, 2.24) is 9.80 Å². The van der Waals surface area contributed by atoms with Gasteiger partial charge in [0.05, 0.1) is 90.2 Å². The van der Waals surface area contributed by atoms with E-state index in [1.165, 1.54) is 20.3 Å². The van der Waals surface area contributed by atoms with Crippen LogP contribution < -0.4 is 28.7 Å². The zero-order valence-electron chi connectivity index (χ0n) is 45.9. The molecule has 0 atom stereocenters. The monoisotopic (exact) mass is 1100 g/mol. The molecule has 0 aromatic heterocycles. The van der Waals surface area contributed by atoms with Crippen molar-refractivity contribution in [3.8, 4) is 23.0 Å². The highest BCUT2D eigenvalue weighted by Gasteiger charge is 2.26. The molecular weight excluding hydrogens is 1020 g/mol. The third-order valence-corrected chi connectivity index (χ3v) is 11.4. The van der Waals surface area contributed by atoms with E-state index in [2.05, 4.69) is 57.4 Å². The third kappa shape index (κ3) is 24.5. The summed E-state index contributed by atoms with van der Waals surface area (Å²) in [4.78, 5) is 34.9. The second kappa shape index (κ2) is 37.7. The molecule has 0 amide bonds. The Morgan fingerprint density at radius 1 is 0.654 bits per heavy atom. The summed E-state index contributed by atoms with van der Waals surface area (Å²) < 4.78 is 83.6. The second-order valence-electron chi connectivity index (χ2n) is 17.3. The number of rotatable bonds is 22. The average molecular weight is 1100 g/mol. The summed E-state index contributed by atoms with van der Waals surface area (Å²) in [5.41, 5.74) is 4.35. The van der Waals surface area contributed by atoms with Crippen molar-refractivity contribution in [3.63, 3.8) is 0 Å². The molecule has 2 fully saturated rings. The number of carbonyl (C=O) groups is 2. The lowest BCUT2D eigenvalue weighted by Crippen LogP contribution is -2.36. The molecule has 4 heterocycles. The number of benzene rings is 2. The molecule has 0 aliphatic carbocycles. The van der Waals surface area contributed by atoms with E-state index in [0.29, 0.717) is 87.2 Å². The van der Waals surface area contributed by atoms with Gasteiger partial charge in [-0.1, -0.05) is 73.0 Å². The molecule has 2 aromatic carbocycles. The van der Waals surface area contributed by atoms with Gasteiger partial charge in [-0.15, -0.1) is 10.2 Å². The van der Waals surface area contributed by atoms with Gasteiger partial charge in [-0.2, -0.15) is 0 Å². The van der Waals surface area contributed by atoms with Crippen molar-refractivity contribution in [1.29, 1.82) is 5.39 Å². The molecule has 0 saturated carbocycles. The minimum Gasteiger partial charge on any atom is -0.491 e. The molecule has 23 heteroatoms. The molecule has 4 aliphatic heterocycles. The first kappa shape index (κ1) is 67.1. The number of halogens is 4. The van der Waals surface area contributed by atoms with Crippen LogP contribution in [-0.2, 0) is 28.5 Å². The number of hydrogen-bond acceptors (Lipinski definition) is 17. The van der Waals surface area contributed by atoms with Crippen LogP contribution in [0.25, 0.3) is 4.98 Å². The number of nitrogens with zero attached hydrogens (tertiary/aromatic N) is 8. The van der Waals surface area contributed by atoms with Crippen LogP contribution >= 0.6 is 0 Å². The first-order valence-electron chi connectivity index (χ1n) is 26.1. The first-order valence-corrected chi connectivity index (χ1v) is 26.1. The first-order chi connectivity index (χ1) is 37.1. The average Bonchev–Trinajstić information content (AvgIpc) is 3.45. The molecule has 4 aliphatic rings. The minimum atomic E-state index is -6.00. The number of morpholine rings is 2. The number of diazo groups is 1. The van der Waals surface area contributed by atoms with E-state index < -0.39 is 13.2 Å². The van der Waals surface area contributed by atoms with Crippen LogP contribution in [0.15, 0.2) is 107 Å². The Morgan fingerprint density at radius 2 is 1.10 bits per heavy atom. The Kier molecular flexibility index (Phi) is 32.4. The lowest BCUT2D eigenvalue weighted by atomic mass is 10.2. The summed E-state index contributed by atoms with van der Waals surface area (Å²) in [6.07, 6.45) is 24.3. The molecular formula is C55H81BF4N8O10. The molecule has 6 rings (SSSR count). The molecule has 0 unspecified atom stereocenters. The number of unbranched alkanes of at least 4 members (excludes halogenated alkanes) is 4. The van der Waals surface area contributed by atoms with E-state index in [-0.39, 0.29) is 19.1 Å². The van der Waals surface area contributed by atoms with E-state index in [4.69, 9.17) is 33.2 Å². The second-order valence-corrected chi connectivity index (χ2v) is 17.3. The van der Waals surface area contributed by atoms with Gasteiger partial charge in [0.15, 0.2) is 16.4 Å². The maximum absolute atomic E-state index is 12.6. The van der Waals surface area contributed by atoms with Crippen LogP contribution in [0.4, 0.5) is 40.0 Å². The summed E-state index contributed by atoms with van der Waals surface area (Å²) in [6.45, 7) is 16.8. The van der Waals surface area contributed by atoms with E-state index in [1.807, 2.05) is 80.0 Å². The molecule has 2 saturated heterocycles. The normalized spacial score (nSPS) is 15.9. The van der Waals surface area contributed by atoms with Crippen LogP contribution in [0.2, 0.25) is 0 Å². The third-order valence-electron chi connectivity index (χ3n) is 11.4. The van der Waals surface area contributed by atoms with Gasteiger partial charge in [-0.25, -0.2) is 9.59 Å². The highest BCUT2D eigenvalue weighted by molar-refractivity contribution is 6.50. The smallest absolute Gasteiger partial charge is 0.491 e. The van der Waals surface area contributed by atoms with Crippen molar-refractivity contribution in [2.75, 3.05) is 117 Å². The number of hydrogen-bond donors (Lipinski definition) is 0. The standard InChI is InChI=1S/C27H38N4O5.C18H28N3O3.C9H11NO2.CH4.BF4/c1-5-7-15-35-24-20-23(31-13-17-34-18-14-31)25(36-16-8-6-2)19-21(24)28-29-26(27(32)33-4)22-11-9-10-12-30(22)3;1-3-5-9-23-17-14-16(21-7-11-22-12-8-21)18(13-15(17)20-19)24-10-6-4-2;1-10-6-4-3-5-8(10)7-9(11)12-2;;2-1(3,4)5/h9-12,19-20H,5-8,13-18H2,1-4H3;13-14H,3-12H2,1-2H3;3-7H,1-2H3;1H4;/q;+1;;;-1/b26-22-,29-28?;;8-7+;;. The van der Waals surface area contributed by atoms with E-state index in [0.717, 1.165) is 100 Å². The van der Waals surface area contributed by atoms with Gasteiger partial charge in [0.25, 0.3) is 0 Å². The summed E-state index contributed by atoms with van der Waals surface area (Å²) in [5, 5.41) is 18.1. The van der Waals surface area contributed by atoms with Crippen molar-refractivity contribution in [2.24, 2.45) is 10.2 Å². The Balaban J connectivity index is 0.000000422. The summed E-state index contributed by atoms with van der Waals surface area (Å²) in [6, 6.07) is 7.52. The molecule has 2 aromatic rings. The van der Waals surface area contributed by atoms with Gasteiger partial charge in [0.2, 0.25) is 11.1 Å². The number of methoxy groups -OCH3 is 2. The fraction of sp³-hybridized carbons (Fsp3) is 0.527. The Bertz CT molecular complexity index is 2390. The van der Waals surface area contributed by atoms with Gasteiger partial charge in [-0.05, 0) is 50.0 Å². The van der Waals surface area contributed by atoms with Gasteiger partial charge >= 0.3 is 24.9 Å². The number of carbonyl (C=O) groups excluding carboxylic acids is 2. The van der Waals surface area contributed by atoms with Gasteiger partial charge < -0.3 is 74.8 Å². The number of anilines is 2. The van der Waals surface area contributed by atoms with Crippen molar-refractivity contribution in [3.05, 3.63) is 101 Å². The minimum absolute atomic E-state index is 0. The number of azo groups is 1. The predicted octanol–water partition coefficient (Wildman–Crippen LogP) is 12.7. The molecule has 0 bridgehead atoms. The van der Waals surface area contributed by atoms with Crippen LogP contribution in [0.3, 0.4) is 0 Å². The van der Waals surface area contributed by atoms with Gasteiger partial charge in [-0.3, -0.25) is 0 Å². The van der Waals surface area contributed by atoms with E-state index in [9.17, 15) is 32.2 Å². The number of esters is 2. The Labute approximate surface area is 458 Å². The van der Waals surface area contributed by atoms with E-state index >= 15 is 0 Å². The van der Waals surface area contributed by atoms with Crippen molar-refractivity contribution < 1.29 is 64.7 Å². The zero-order chi connectivity index (χ0) is 56.4. The molecule has 432 valence electrons. The van der Waals surface area contributed by atoms with Crippen LogP contribution in [0.5, 0.6) is 23.0 Å². The fourth-order valence-electron chi connectivity index (χ4n) is 7.14. The number of ether oxygens (including phenoxy) is 8. The van der Waals surface area contributed by atoms with Crippen molar-refractivity contribution in [2.45, 2.75) is 86.5 Å². The lowest BCUT2D eigenvalue weighted by molar-refractivity contribution is -0.136. The van der Waals surface area contributed by atoms with Crippen LogP contribution in [-0.4, -0.2) is 136 Å². The molecule has 0 N–H and O–H groups in total. The highest BCUT2D eigenvalue weighted by Crippen LogP contribution is 2.43. The van der Waals surface area contributed by atoms with Crippen molar-refractivity contribution >= 4 is 41.9 Å². The lowest BCUT2D eigenvalue weighted by Gasteiger charge is -2.31. The molecule has 78 heavy (non-hydrogen) atoms.